The van der Waals surface area contributed by atoms with E-state index in [0.29, 0.717) is 19.0 Å². The molecule has 14 heavy (non-hydrogen) atoms. The highest BCUT2D eigenvalue weighted by atomic mass is 16.7. The van der Waals surface area contributed by atoms with Crippen LogP contribution in [0.3, 0.4) is 0 Å². The Labute approximate surface area is 82.7 Å². The predicted molar refractivity (Wildman–Crippen MR) is 50.9 cm³/mol. The number of benzene rings is 1. The van der Waals surface area contributed by atoms with Gasteiger partial charge in [-0.15, -0.1) is 0 Å². The first kappa shape index (κ1) is 11.0. The van der Waals surface area contributed by atoms with E-state index < -0.39 is 0 Å². The summed E-state index contributed by atoms with van der Waals surface area (Å²) in [6, 6.07) is 8.71. The van der Waals surface area contributed by atoms with Crippen LogP contribution < -0.4 is 0 Å². The van der Waals surface area contributed by atoms with Crippen LogP contribution in [-0.2, 0) is 9.47 Å². The van der Waals surface area contributed by atoms with Crippen molar-refractivity contribution in [2.75, 3.05) is 19.8 Å². The van der Waals surface area contributed by atoms with Crippen molar-refractivity contribution in [2.24, 2.45) is 0 Å². The molecule has 0 atom stereocenters. The maximum atomic E-state index is 8.63. The second-order valence-electron chi connectivity index (χ2n) is 2.69. The normalized spacial score (nSPS) is 16.1. The molecule has 1 aromatic carbocycles. The Bertz CT molecular complexity index is 231. The highest BCUT2D eigenvalue weighted by Crippen LogP contribution is 2.02. The van der Waals surface area contributed by atoms with Gasteiger partial charge in [0, 0.05) is 0 Å². The molecule has 0 spiro atoms. The van der Waals surface area contributed by atoms with E-state index in [9.17, 15) is 0 Å². The number of ether oxygens (including phenoxy) is 2. The van der Waals surface area contributed by atoms with Crippen molar-refractivity contribution in [2.45, 2.75) is 6.29 Å². The third-order valence-electron chi connectivity index (χ3n) is 1.60. The Balaban J connectivity index is 0.000000140. The first-order valence-electron chi connectivity index (χ1n) is 4.41. The van der Waals surface area contributed by atoms with Crippen LogP contribution in [0.1, 0.15) is 0 Å². The lowest BCUT2D eigenvalue weighted by Crippen LogP contribution is -2.11. The Kier molecular flexibility index (Phi) is 4.99. The second-order valence-corrected chi connectivity index (χ2v) is 2.69. The van der Waals surface area contributed by atoms with Crippen LogP contribution in [-0.4, -0.2) is 36.3 Å². The van der Waals surface area contributed by atoms with Crippen molar-refractivity contribution >= 4 is 0 Å². The molecule has 0 aromatic heterocycles. The molecule has 0 bridgehead atoms. The molecule has 1 heterocycles. The van der Waals surface area contributed by atoms with Gasteiger partial charge >= 0.3 is 0 Å². The molecule has 4 nitrogen and oxygen atoms in total. The molecule has 2 rings (SSSR count). The van der Waals surface area contributed by atoms with Crippen LogP contribution >= 0.6 is 0 Å². The van der Waals surface area contributed by atoms with E-state index in [1.165, 1.54) is 0 Å². The van der Waals surface area contributed by atoms with E-state index in [1.807, 2.05) is 6.07 Å². The molecular weight excluding hydrogens is 184 g/mol. The standard InChI is InChI=1S/C6H6O.C4H8O3/c7-6-4-2-1-3-5-6;5-3-4-6-1-2-7-4/h1-5,7H;4-5H,1-3H2. The van der Waals surface area contributed by atoms with Crippen LogP contribution in [0.15, 0.2) is 30.3 Å². The van der Waals surface area contributed by atoms with Crippen molar-refractivity contribution in [3.63, 3.8) is 0 Å². The van der Waals surface area contributed by atoms with E-state index in [1.54, 1.807) is 24.3 Å². The van der Waals surface area contributed by atoms with Crippen molar-refractivity contribution in [3.8, 4) is 5.75 Å². The topological polar surface area (TPSA) is 58.9 Å². The van der Waals surface area contributed by atoms with Crippen LogP contribution in [0.4, 0.5) is 0 Å². The highest BCUT2D eigenvalue weighted by Gasteiger charge is 2.12. The summed E-state index contributed by atoms with van der Waals surface area (Å²) >= 11 is 0. The minimum atomic E-state index is -0.347. The fourth-order valence-electron chi connectivity index (χ4n) is 0.941. The van der Waals surface area contributed by atoms with Gasteiger partial charge in [0.2, 0.25) is 0 Å². The first-order chi connectivity index (χ1) is 6.83. The zero-order chi connectivity index (χ0) is 10.2. The molecule has 0 unspecified atom stereocenters. The van der Waals surface area contributed by atoms with Gasteiger partial charge in [-0.2, -0.15) is 0 Å². The van der Waals surface area contributed by atoms with Gasteiger partial charge in [0.1, 0.15) is 5.75 Å². The van der Waals surface area contributed by atoms with Gasteiger partial charge in [0.25, 0.3) is 0 Å². The SMILES string of the molecule is OCC1OCCO1.Oc1ccccc1. The molecule has 1 saturated heterocycles. The van der Waals surface area contributed by atoms with Gasteiger partial charge in [-0.25, -0.2) is 0 Å². The molecule has 1 aliphatic rings. The third-order valence-corrected chi connectivity index (χ3v) is 1.60. The van der Waals surface area contributed by atoms with E-state index in [4.69, 9.17) is 19.7 Å². The molecule has 2 N–H and O–H groups in total. The third kappa shape index (κ3) is 4.23. The molecule has 0 aliphatic carbocycles. The van der Waals surface area contributed by atoms with Crippen LogP contribution in [0, 0.1) is 0 Å². The summed E-state index contributed by atoms with van der Waals surface area (Å²) in [5.74, 6) is 0.322. The Morgan fingerprint density at radius 3 is 2.00 bits per heavy atom. The number of aliphatic hydroxyl groups is 1. The maximum Gasteiger partial charge on any atom is 0.180 e. The van der Waals surface area contributed by atoms with E-state index in [-0.39, 0.29) is 12.9 Å². The molecule has 1 fully saturated rings. The number of hydrogen-bond donors (Lipinski definition) is 2. The summed E-state index contributed by atoms with van der Waals surface area (Å²) in [5, 5.41) is 16.9. The van der Waals surface area contributed by atoms with E-state index in [0.717, 1.165) is 0 Å². The quantitative estimate of drug-likeness (QED) is 0.699. The van der Waals surface area contributed by atoms with Crippen molar-refractivity contribution in [3.05, 3.63) is 30.3 Å². The minimum Gasteiger partial charge on any atom is -0.508 e. The molecule has 4 heteroatoms. The summed E-state index contributed by atoms with van der Waals surface area (Å²) < 4.78 is 9.66. The number of rotatable bonds is 1. The summed E-state index contributed by atoms with van der Waals surface area (Å²) in [5.41, 5.74) is 0. The van der Waals surface area contributed by atoms with Crippen LogP contribution in [0.25, 0.3) is 0 Å². The number of aliphatic hydroxyl groups excluding tert-OH is 1. The fraction of sp³-hybridized carbons (Fsp3) is 0.400. The zero-order valence-electron chi connectivity index (χ0n) is 7.80. The molecule has 1 aromatic rings. The molecule has 0 amide bonds. The lowest BCUT2D eigenvalue weighted by Gasteiger charge is -2.00. The number of para-hydroxylation sites is 1. The smallest absolute Gasteiger partial charge is 0.180 e. The second kappa shape index (κ2) is 6.37. The molecule has 0 saturated carbocycles. The van der Waals surface area contributed by atoms with Crippen molar-refractivity contribution in [1.29, 1.82) is 0 Å². The monoisotopic (exact) mass is 198 g/mol. The largest absolute Gasteiger partial charge is 0.508 e. The number of aromatic hydroxyl groups is 1. The highest BCUT2D eigenvalue weighted by molar-refractivity contribution is 5.18. The number of phenols is 1. The summed E-state index contributed by atoms with van der Waals surface area (Å²) in [7, 11) is 0. The lowest BCUT2D eigenvalue weighted by atomic mass is 10.3. The Morgan fingerprint density at radius 1 is 1.14 bits per heavy atom. The first-order valence-corrected chi connectivity index (χ1v) is 4.41. The van der Waals surface area contributed by atoms with Gasteiger partial charge in [-0.1, -0.05) is 18.2 Å². The minimum absolute atomic E-state index is 0.0278. The van der Waals surface area contributed by atoms with Gasteiger partial charge in [-0.05, 0) is 12.1 Å². The Hall–Kier alpha value is -1.10. The maximum absolute atomic E-state index is 8.63. The van der Waals surface area contributed by atoms with Crippen molar-refractivity contribution in [1.82, 2.24) is 0 Å². The lowest BCUT2D eigenvalue weighted by molar-refractivity contribution is -0.0747. The fourth-order valence-corrected chi connectivity index (χ4v) is 0.941. The van der Waals surface area contributed by atoms with Crippen LogP contribution in [0.2, 0.25) is 0 Å². The van der Waals surface area contributed by atoms with E-state index in [2.05, 4.69) is 0 Å². The molecule has 0 radical (unpaired) electrons. The number of phenolic OH excluding ortho intramolecular Hbond substituents is 1. The summed E-state index contributed by atoms with van der Waals surface area (Å²) in [4.78, 5) is 0. The summed E-state index contributed by atoms with van der Waals surface area (Å²) in [6.45, 7) is 1.20. The van der Waals surface area contributed by atoms with Crippen LogP contribution in [0.5, 0.6) is 5.75 Å². The molecule has 1 aliphatic heterocycles. The molecular formula is C10H14O4. The van der Waals surface area contributed by atoms with Gasteiger partial charge in [0.05, 0.1) is 19.8 Å². The van der Waals surface area contributed by atoms with Gasteiger partial charge < -0.3 is 19.7 Å². The summed E-state index contributed by atoms with van der Waals surface area (Å²) in [6.07, 6.45) is -0.347. The zero-order valence-corrected chi connectivity index (χ0v) is 7.80. The average molecular weight is 198 g/mol. The molecule has 78 valence electrons. The van der Waals surface area contributed by atoms with Gasteiger partial charge in [-0.3, -0.25) is 0 Å². The van der Waals surface area contributed by atoms with Crippen molar-refractivity contribution < 1.29 is 19.7 Å². The van der Waals surface area contributed by atoms with Gasteiger partial charge in [0.15, 0.2) is 6.29 Å². The van der Waals surface area contributed by atoms with E-state index >= 15 is 0 Å². The predicted octanol–water partition coefficient (Wildman–Crippen LogP) is 0.744. The Morgan fingerprint density at radius 2 is 1.71 bits per heavy atom. The number of hydrogen-bond acceptors (Lipinski definition) is 4. The average Bonchev–Trinajstić information content (AvgIpc) is 2.72.